The highest BCUT2D eigenvalue weighted by Crippen LogP contribution is 2.27. The Morgan fingerprint density at radius 1 is 1.31 bits per heavy atom. The number of amides is 2. The number of rotatable bonds is 7. The van der Waals surface area contributed by atoms with Crippen LogP contribution in [-0.4, -0.2) is 44.5 Å². The molecule has 32 heavy (non-hydrogen) atoms. The highest BCUT2D eigenvalue weighted by Gasteiger charge is 2.26. The Kier molecular flexibility index (Phi) is 5.14. The van der Waals surface area contributed by atoms with Gasteiger partial charge in [0, 0.05) is 23.7 Å². The molecular weight excluding hydrogens is 434 g/mol. The van der Waals surface area contributed by atoms with Gasteiger partial charge < -0.3 is 15.4 Å². The molecule has 3 heterocycles. The molecule has 11 heteroatoms. The first-order valence-electron chi connectivity index (χ1n) is 10.1. The van der Waals surface area contributed by atoms with E-state index < -0.39 is 5.91 Å². The highest BCUT2D eigenvalue weighted by atomic mass is 35.5. The minimum absolute atomic E-state index is 0.0395. The van der Waals surface area contributed by atoms with Gasteiger partial charge in [0.1, 0.15) is 5.75 Å². The predicted molar refractivity (Wildman–Crippen MR) is 119 cm³/mol. The summed E-state index contributed by atoms with van der Waals surface area (Å²) < 4.78 is 6.80. The number of nitrogens with zero attached hydrogens (tertiary/aromatic N) is 4. The van der Waals surface area contributed by atoms with Crippen molar-refractivity contribution in [2.75, 3.05) is 17.7 Å². The van der Waals surface area contributed by atoms with Crippen LogP contribution in [0, 0.1) is 0 Å². The van der Waals surface area contributed by atoms with Gasteiger partial charge in [0.05, 0.1) is 24.8 Å². The van der Waals surface area contributed by atoms with E-state index in [0.717, 1.165) is 18.4 Å². The van der Waals surface area contributed by atoms with Crippen LogP contribution in [0.4, 0.5) is 11.9 Å². The Labute approximate surface area is 188 Å². The number of nitrogens with one attached hydrogen (secondary N) is 3. The number of fused-ring (bicyclic) bond motifs is 1. The first kappa shape index (κ1) is 20.3. The minimum Gasteiger partial charge on any atom is -0.495 e. The average Bonchev–Trinajstić information content (AvgIpc) is 3.40. The molecule has 3 aromatic rings. The summed E-state index contributed by atoms with van der Waals surface area (Å²) in [6.07, 6.45) is 5.43. The summed E-state index contributed by atoms with van der Waals surface area (Å²) in [5.74, 6) is 0.859. The van der Waals surface area contributed by atoms with Crippen molar-refractivity contribution in [1.82, 2.24) is 24.9 Å². The van der Waals surface area contributed by atoms with Crippen LogP contribution in [0.2, 0.25) is 5.02 Å². The summed E-state index contributed by atoms with van der Waals surface area (Å²) >= 11 is 6.22. The van der Waals surface area contributed by atoms with Gasteiger partial charge in [-0.3, -0.25) is 14.9 Å². The first-order chi connectivity index (χ1) is 15.5. The Morgan fingerprint density at radius 3 is 2.84 bits per heavy atom. The molecule has 3 N–H and O–H groups in total. The lowest BCUT2D eigenvalue weighted by Crippen LogP contribution is -2.19. The van der Waals surface area contributed by atoms with E-state index >= 15 is 0 Å². The molecule has 1 aliphatic heterocycles. The summed E-state index contributed by atoms with van der Waals surface area (Å²) in [4.78, 5) is 32.7. The van der Waals surface area contributed by atoms with Crippen LogP contribution in [0.5, 0.6) is 5.75 Å². The van der Waals surface area contributed by atoms with Gasteiger partial charge in [-0.2, -0.15) is 19.6 Å². The standard InChI is InChI=1S/C21H20ClN7O3/c1-32-16-5-2-11(6-15(16)22)9-23-20-27-18-13(7-12-8-17(30)26-19(12)31)10-24-29(18)21(28-20)25-14-3-4-14/h2,5-7,10,14H,3-4,8-9H2,1H3,(H,26,30,31)(H2,23,25,27,28)/b12-7+. The number of aromatic nitrogens is 4. The molecule has 10 nitrogen and oxygen atoms in total. The fourth-order valence-electron chi connectivity index (χ4n) is 3.39. The van der Waals surface area contributed by atoms with Gasteiger partial charge >= 0.3 is 0 Å². The zero-order chi connectivity index (χ0) is 22.2. The zero-order valence-corrected chi connectivity index (χ0v) is 17.9. The average molecular weight is 454 g/mol. The van der Waals surface area contributed by atoms with Gasteiger partial charge in [0.2, 0.25) is 17.8 Å². The smallest absolute Gasteiger partial charge is 0.254 e. The third kappa shape index (κ3) is 4.09. The normalized spacial score (nSPS) is 17.1. The molecule has 2 aliphatic rings. The fourth-order valence-corrected chi connectivity index (χ4v) is 3.67. The number of halogens is 1. The summed E-state index contributed by atoms with van der Waals surface area (Å²) in [5.41, 5.74) is 2.47. The minimum atomic E-state index is -0.394. The molecule has 164 valence electrons. The van der Waals surface area contributed by atoms with Crippen LogP contribution in [0.25, 0.3) is 11.7 Å². The van der Waals surface area contributed by atoms with E-state index in [1.165, 1.54) is 0 Å². The third-order valence-corrected chi connectivity index (χ3v) is 5.49. The van der Waals surface area contributed by atoms with Gasteiger partial charge in [0.15, 0.2) is 5.65 Å². The second-order valence-corrected chi connectivity index (χ2v) is 8.08. The predicted octanol–water partition coefficient (Wildman–Crippen LogP) is 2.40. The van der Waals surface area contributed by atoms with Crippen molar-refractivity contribution in [2.24, 2.45) is 0 Å². The lowest BCUT2D eigenvalue weighted by atomic mass is 10.1. The maximum Gasteiger partial charge on any atom is 0.254 e. The number of imide groups is 1. The second-order valence-electron chi connectivity index (χ2n) is 7.67. The van der Waals surface area contributed by atoms with Crippen LogP contribution in [0.15, 0.2) is 30.0 Å². The molecule has 1 saturated carbocycles. The van der Waals surface area contributed by atoms with E-state index in [9.17, 15) is 9.59 Å². The van der Waals surface area contributed by atoms with E-state index in [1.807, 2.05) is 12.1 Å². The molecule has 0 atom stereocenters. The van der Waals surface area contributed by atoms with Crippen molar-refractivity contribution < 1.29 is 14.3 Å². The zero-order valence-electron chi connectivity index (χ0n) is 17.2. The van der Waals surface area contributed by atoms with Gasteiger partial charge in [-0.1, -0.05) is 17.7 Å². The first-order valence-corrected chi connectivity index (χ1v) is 10.5. The van der Waals surface area contributed by atoms with Gasteiger partial charge in [-0.15, -0.1) is 0 Å². The monoisotopic (exact) mass is 453 g/mol. The SMILES string of the molecule is COc1ccc(CNc2nc(NC3CC3)n3ncc(/C=C4\CC(=O)NC4=O)c3n2)cc1Cl. The van der Waals surface area contributed by atoms with E-state index in [1.54, 1.807) is 30.0 Å². The second kappa shape index (κ2) is 8.12. The van der Waals surface area contributed by atoms with Crippen molar-refractivity contribution in [3.05, 3.63) is 46.1 Å². The molecule has 1 aromatic carbocycles. The van der Waals surface area contributed by atoms with E-state index in [2.05, 4.69) is 31.0 Å². The summed E-state index contributed by atoms with van der Waals surface area (Å²) in [5, 5.41) is 13.8. The summed E-state index contributed by atoms with van der Waals surface area (Å²) in [6.45, 7) is 0.449. The third-order valence-electron chi connectivity index (χ3n) is 5.20. The molecule has 0 bridgehead atoms. The van der Waals surface area contributed by atoms with Crippen molar-refractivity contribution in [1.29, 1.82) is 0 Å². The Morgan fingerprint density at radius 2 is 2.16 bits per heavy atom. The molecule has 5 rings (SSSR count). The molecule has 2 amide bonds. The van der Waals surface area contributed by atoms with E-state index in [4.69, 9.17) is 16.3 Å². The maximum atomic E-state index is 12.0. The molecule has 0 radical (unpaired) electrons. The van der Waals surface area contributed by atoms with Crippen molar-refractivity contribution in [2.45, 2.75) is 31.8 Å². The molecule has 1 aliphatic carbocycles. The van der Waals surface area contributed by atoms with E-state index in [0.29, 0.717) is 52.0 Å². The Balaban J connectivity index is 1.47. The number of hydrogen-bond donors (Lipinski definition) is 3. The Hall–Kier alpha value is -3.66. The highest BCUT2D eigenvalue weighted by molar-refractivity contribution is 6.32. The number of ether oxygens (including phenoxy) is 1. The van der Waals surface area contributed by atoms with Crippen LogP contribution in [0.1, 0.15) is 30.4 Å². The molecule has 0 unspecified atom stereocenters. The van der Waals surface area contributed by atoms with Crippen LogP contribution < -0.4 is 20.7 Å². The van der Waals surface area contributed by atoms with Gasteiger partial charge in [-0.25, -0.2) is 0 Å². The number of anilines is 2. The number of carbonyl (C=O) groups excluding carboxylic acids is 2. The van der Waals surface area contributed by atoms with Crippen LogP contribution >= 0.6 is 11.6 Å². The molecular formula is C21H20ClN7O3. The maximum absolute atomic E-state index is 12.0. The van der Waals surface area contributed by atoms with Gasteiger partial charge in [0.25, 0.3) is 5.91 Å². The molecule has 2 aromatic heterocycles. The topological polar surface area (TPSA) is 123 Å². The number of benzene rings is 1. The number of carbonyl (C=O) groups is 2. The molecule has 0 spiro atoms. The lowest BCUT2D eigenvalue weighted by molar-refractivity contribution is -0.124. The van der Waals surface area contributed by atoms with Crippen molar-refractivity contribution >= 4 is 47.0 Å². The lowest BCUT2D eigenvalue weighted by Gasteiger charge is -2.11. The largest absolute Gasteiger partial charge is 0.495 e. The number of methoxy groups -OCH3 is 1. The van der Waals surface area contributed by atoms with E-state index in [-0.39, 0.29) is 12.3 Å². The summed E-state index contributed by atoms with van der Waals surface area (Å²) in [7, 11) is 1.57. The fraction of sp³-hybridized carbons (Fsp3) is 0.286. The van der Waals surface area contributed by atoms with Crippen LogP contribution in [0.3, 0.4) is 0 Å². The Bertz CT molecular complexity index is 1270. The van der Waals surface area contributed by atoms with Crippen molar-refractivity contribution in [3.63, 3.8) is 0 Å². The number of hydrogen-bond acceptors (Lipinski definition) is 8. The molecule has 2 fully saturated rings. The van der Waals surface area contributed by atoms with Crippen molar-refractivity contribution in [3.8, 4) is 5.75 Å². The quantitative estimate of drug-likeness (QED) is 0.368. The van der Waals surface area contributed by atoms with Crippen LogP contribution in [-0.2, 0) is 16.1 Å². The summed E-state index contributed by atoms with van der Waals surface area (Å²) in [6, 6.07) is 5.88. The van der Waals surface area contributed by atoms with Gasteiger partial charge in [-0.05, 0) is 36.6 Å². The molecule has 1 saturated heterocycles.